The first-order valence-corrected chi connectivity index (χ1v) is 6.79. The van der Waals surface area contributed by atoms with Gasteiger partial charge in [-0.05, 0) is 18.2 Å². The molecule has 0 saturated heterocycles. The SMILES string of the molecule is O=C(O)c1ccccc1-c1n[nH]c(-c2cccc(C(F)(F)F)c2)n1. The third-order valence-corrected chi connectivity index (χ3v) is 3.35. The summed E-state index contributed by atoms with van der Waals surface area (Å²) in [6.07, 6.45) is -4.46. The standard InChI is InChI=1S/C16H10F3N3O2/c17-16(18,19)10-5-3-4-9(8-10)13-20-14(22-21-13)11-6-1-2-7-12(11)15(23)24/h1-8H,(H,23,24)(H,20,21,22). The average Bonchev–Trinajstić information content (AvgIpc) is 3.04. The Balaban J connectivity index is 2.02. The maximum absolute atomic E-state index is 12.8. The third kappa shape index (κ3) is 2.98. The summed E-state index contributed by atoms with van der Waals surface area (Å²) in [6, 6.07) is 10.8. The fraction of sp³-hybridized carbons (Fsp3) is 0.0625. The minimum atomic E-state index is -4.46. The van der Waals surface area contributed by atoms with Gasteiger partial charge in [0, 0.05) is 11.1 Å². The Morgan fingerprint density at radius 1 is 1.08 bits per heavy atom. The van der Waals surface area contributed by atoms with E-state index in [0.29, 0.717) is 0 Å². The van der Waals surface area contributed by atoms with E-state index in [1.54, 1.807) is 12.1 Å². The summed E-state index contributed by atoms with van der Waals surface area (Å²) in [4.78, 5) is 15.4. The number of benzene rings is 2. The highest BCUT2D eigenvalue weighted by Crippen LogP contribution is 2.31. The van der Waals surface area contributed by atoms with E-state index in [4.69, 9.17) is 0 Å². The van der Waals surface area contributed by atoms with Gasteiger partial charge in [-0.3, -0.25) is 5.10 Å². The van der Waals surface area contributed by atoms with Crippen molar-refractivity contribution < 1.29 is 23.1 Å². The van der Waals surface area contributed by atoms with Crippen molar-refractivity contribution in [3.63, 3.8) is 0 Å². The topological polar surface area (TPSA) is 78.9 Å². The zero-order valence-electron chi connectivity index (χ0n) is 12.0. The minimum absolute atomic E-state index is 0.00657. The van der Waals surface area contributed by atoms with Crippen LogP contribution in [0.15, 0.2) is 48.5 Å². The van der Waals surface area contributed by atoms with Crippen molar-refractivity contribution in [2.24, 2.45) is 0 Å². The monoisotopic (exact) mass is 333 g/mol. The number of carboxylic acids is 1. The lowest BCUT2D eigenvalue weighted by Crippen LogP contribution is -2.04. The number of carboxylic acid groups (broad SMARTS) is 1. The maximum Gasteiger partial charge on any atom is 0.416 e. The van der Waals surface area contributed by atoms with Crippen molar-refractivity contribution >= 4 is 5.97 Å². The van der Waals surface area contributed by atoms with E-state index in [-0.39, 0.29) is 28.3 Å². The summed E-state index contributed by atoms with van der Waals surface area (Å²) in [7, 11) is 0. The molecule has 1 aromatic heterocycles. The van der Waals surface area contributed by atoms with Crippen molar-refractivity contribution in [1.29, 1.82) is 0 Å². The van der Waals surface area contributed by atoms with Crippen LogP contribution in [0.2, 0.25) is 0 Å². The van der Waals surface area contributed by atoms with E-state index in [1.165, 1.54) is 24.3 Å². The van der Waals surface area contributed by atoms with Crippen LogP contribution in [-0.2, 0) is 6.18 Å². The van der Waals surface area contributed by atoms with Gasteiger partial charge >= 0.3 is 12.1 Å². The summed E-state index contributed by atoms with van der Waals surface area (Å²) in [5.74, 6) is -0.923. The second-order valence-corrected chi connectivity index (χ2v) is 4.94. The number of carbonyl (C=O) groups is 1. The lowest BCUT2D eigenvalue weighted by Gasteiger charge is -2.07. The van der Waals surface area contributed by atoms with Crippen molar-refractivity contribution in [1.82, 2.24) is 15.2 Å². The predicted octanol–water partition coefficient (Wildman–Crippen LogP) is 3.86. The zero-order chi connectivity index (χ0) is 17.3. The number of nitrogens with zero attached hydrogens (tertiary/aromatic N) is 2. The molecule has 2 aromatic carbocycles. The Morgan fingerprint density at radius 2 is 1.83 bits per heavy atom. The molecule has 0 fully saturated rings. The van der Waals surface area contributed by atoms with Gasteiger partial charge < -0.3 is 5.11 Å². The highest BCUT2D eigenvalue weighted by atomic mass is 19.4. The van der Waals surface area contributed by atoms with Crippen molar-refractivity contribution in [3.8, 4) is 22.8 Å². The molecular weight excluding hydrogens is 323 g/mol. The normalized spacial score (nSPS) is 11.5. The molecule has 0 bridgehead atoms. The Bertz CT molecular complexity index is 903. The van der Waals surface area contributed by atoms with Crippen LogP contribution in [0.4, 0.5) is 13.2 Å². The lowest BCUT2D eigenvalue weighted by molar-refractivity contribution is -0.137. The fourth-order valence-electron chi connectivity index (χ4n) is 2.22. The number of aromatic nitrogens is 3. The van der Waals surface area contributed by atoms with Gasteiger partial charge in [-0.1, -0.05) is 30.3 Å². The lowest BCUT2D eigenvalue weighted by atomic mass is 10.1. The van der Waals surface area contributed by atoms with Crippen LogP contribution in [0.25, 0.3) is 22.8 Å². The minimum Gasteiger partial charge on any atom is -0.478 e. The molecule has 0 amide bonds. The maximum atomic E-state index is 12.8. The number of hydrogen-bond donors (Lipinski definition) is 2. The first-order chi connectivity index (χ1) is 11.4. The van der Waals surface area contributed by atoms with Gasteiger partial charge in [-0.25, -0.2) is 9.78 Å². The number of hydrogen-bond acceptors (Lipinski definition) is 3. The summed E-state index contributed by atoms with van der Waals surface area (Å²) < 4.78 is 38.4. The van der Waals surface area contributed by atoms with Gasteiger partial charge in [0.25, 0.3) is 0 Å². The quantitative estimate of drug-likeness (QED) is 0.763. The Hall–Kier alpha value is -3.16. The Morgan fingerprint density at radius 3 is 2.54 bits per heavy atom. The van der Waals surface area contributed by atoms with Crippen LogP contribution in [-0.4, -0.2) is 26.3 Å². The van der Waals surface area contributed by atoms with Gasteiger partial charge in [0.15, 0.2) is 11.6 Å². The molecule has 122 valence electrons. The largest absolute Gasteiger partial charge is 0.478 e. The molecule has 8 heteroatoms. The number of alkyl halides is 3. The average molecular weight is 333 g/mol. The Kier molecular flexibility index (Phi) is 3.80. The highest BCUT2D eigenvalue weighted by molar-refractivity contribution is 5.95. The van der Waals surface area contributed by atoms with Gasteiger partial charge in [-0.2, -0.15) is 18.3 Å². The van der Waals surface area contributed by atoms with E-state index in [9.17, 15) is 23.1 Å². The van der Waals surface area contributed by atoms with Crippen LogP contribution in [0.3, 0.4) is 0 Å². The van der Waals surface area contributed by atoms with E-state index in [1.807, 2.05) is 0 Å². The van der Waals surface area contributed by atoms with Crippen molar-refractivity contribution in [2.45, 2.75) is 6.18 Å². The first kappa shape index (κ1) is 15.7. The van der Waals surface area contributed by atoms with Crippen LogP contribution in [0, 0.1) is 0 Å². The molecule has 2 N–H and O–H groups in total. The van der Waals surface area contributed by atoms with Gasteiger partial charge in [0.2, 0.25) is 0 Å². The molecule has 0 spiro atoms. The number of nitrogens with one attached hydrogen (secondary N) is 1. The van der Waals surface area contributed by atoms with Crippen LogP contribution in [0.5, 0.6) is 0 Å². The molecule has 0 radical (unpaired) electrons. The van der Waals surface area contributed by atoms with Crippen molar-refractivity contribution in [3.05, 3.63) is 59.7 Å². The molecule has 0 aliphatic heterocycles. The number of H-pyrrole nitrogens is 1. The molecule has 3 aromatic rings. The number of aromatic carboxylic acids is 1. The molecule has 0 saturated carbocycles. The van der Waals surface area contributed by atoms with Crippen LogP contribution in [0.1, 0.15) is 15.9 Å². The summed E-state index contributed by atoms with van der Waals surface area (Å²) in [5, 5.41) is 15.6. The first-order valence-electron chi connectivity index (χ1n) is 6.79. The van der Waals surface area contributed by atoms with E-state index >= 15 is 0 Å². The predicted molar refractivity (Wildman–Crippen MR) is 79.2 cm³/mol. The summed E-state index contributed by atoms with van der Waals surface area (Å²) in [5.41, 5.74) is -0.313. The molecule has 24 heavy (non-hydrogen) atoms. The van der Waals surface area contributed by atoms with Gasteiger partial charge in [0.1, 0.15) is 0 Å². The molecule has 0 aliphatic rings. The number of halogens is 3. The number of aromatic amines is 1. The van der Waals surface area contributed by atoms with E-state index < -0.39 is 17.7 Å². The summed E-state index contributed by atoms with van der Waals surface area (Å²) >= 11 is 0. The molecular formula is C16H10F3N3O2. The third-order valence-electron chi connectivity index (χ3n) is 3.35. The molecule has 5 nitrogen and oxygen atoms in total. The molecule has 0 aliphatic carbocycles. The van der Waals surface area contributed by atoms with E-state index in [2.05, 4.69) is 15.2 Å². The highest BCUT2D eigenvalue weighted by Gasteiger charge is 2.30. The summed E-state index contributed by atoms with van der Waals surface area (Å²) in [6.45, 7) is 0. The smallest absolute Gasteiger partial charge is 0.416 e. The van der Waals surface area contributed by atoms with Crippen LogP contribution >= 0.6 is 0 Å². The molecule has 0 atom stereocenters. The second-order valence-electron chi connectivity index (χ2n) is 4.94. The van der Waals surface area contributed by atoms with Gasteiger partial charge in [0.05, 0.1) is 11.1 Å². The number of rotatable bonds is 3. The second kappa shape index (κ2) is 5.80. The van der Waals surface area contributed by atoms with Gasteiger partial charge in [-0.15, -0.1) is 0 Å². The Labute approximate surface area is 133 Å². The molecule has 0 unspecified atom stereocenters. The van der Waals surface area contributed by atoms with Crippen molar-refractivity contribution in [2.75, 3.05) is 0 Å². The molecule has 3 rings (SSSR count). The molecule has 1 heterocycles. The van der Waals surface area contributed by atoms with Crippen LogP contribution < -0.4 is 0 Å². The van der Waals surface area contributed by atoms with E-state index in [0.717, 1.165) is 12.1 Å². The zero-order valence-corrected chi connectivity index (χ0v) is 12.0. The fourth-order valence-corrected chi connectivity index (χ4v) is 2.22.